The van der Waals surface area contributed by atoms with Crippen molar-refractivity contribution in [3.05, 3.63) is 64.2 Å². The molecule has 0 atom stereocenters. The lowest BCUT2D eigenvalue weighted by molar-refractivity contribution is -0.143. The molecular formula is C18H16BF2NO5. The quantitative estimate of drug-likeness (QED) is 0.601. The van der Waals surface area contributed by atoms with Gasteiger partial charge >= 0.3 is 13.1 Å². The van der Waals surface area contributed by atoms with Crippen LogP contribution in [-0.2, 0) is 27.4 Å². The van der Waals surface area contributed by atoms with E-state index in [-0.39, 0.29) is 18.8 Å². The molecule has 2 aromatic rings. The molecule has 0 radical (unpaired) electrons. The first-order valence-electron chi connectivity index (χ1n) is 8.16. The summed E-state index contributed by atoms with van der Waals surface area (Å²) in [5, 5.41) is 12.3. The molecule has 0 aromatic heterocycles. The Balaban J connectivity index is 1.55. The third-order valence-electron chi connectivity index (χ3n) is 4.27. The van der Waals surface area contributed by atoms with Crippen LogP contribution in [0.1, 0.15) is 27.0 Å². The summed E-state index contributed by atoms with van der Waals surface area (Å²) in [7, 11) is -1.08. The lowest BCUT2D eigenvalue weighted by atomic mass is 9.75. The molecule has 0 saturated heterocycles. The third-order valence-corrected chi connectivity index (χ3v) is 4.27. The maximum Gasteiger partial charge on any atom is 0.492 e. The van der Waals surface area contributed by atoms with Crippen molar-refractivity contribution in [2.24, 2.45) is 0 Å². The minimum Gasteiger partial charge on any atom is -0.460 e. The van der Waals surface area contributed by atoms with Crippen LogP contribution in [0.25, 0.3) is 0 Å². The van der Waals surface area contributed by atoms with Gasteiger partial charge in [0, 0.05) is 5.56 Å². The number of ether oxygens (including phenoxy) is 1. The number of benzene rings is 2. The molecule has 0 saturated carbocycles. The van der Waals surface area contributed by atoms with Crippen LogP contribution in [0.15, 0.2) is 30.3 Å². The summed E-state index contributed by atoms with van der Waals surface area (Å²) in [5.74, 6) is -3.25. The molecule has 0 unspecified atom stereocenters. The van der Waals surface area contributed by atoms with Crippen LogP contribution >= 0.6 is 0 Å². The van der Waals surface area contributed by atoms with Crippen molar-refractivity contribution >= 4 is 24.5 Å². The molecule has 9 heteroatoms. The first-order chi connectivity index (χ1) is 12.9. The Hall–Kier alpha value is -2.78. The fraction of sp³-hybridized carbons (Fsp3) is 0.222. The number of esters is 1. The number of hydrogen-bond donors (Lipinski definition) is 2. The number of fused-ring (bicyclic) bond motifs is 1. The van der Waals surface area contributed by atoms with E-state index in [0.717, 1.165) is 17.7 Å². The zero-order valence-corrected chi connectivity index (χ0v) is 14.4. The van der Waals surface area contributed by atoms with E-state index >= 15 is 0 Å². The first kappa shape index (κ1) is 19.0. The van der Waals surface area contributed by atoms with E-state index < -0.39 is 37.2 Å². The zero-order valence-electron chi connectivity index (χ0n) is 14.4. The summed E-state index contributed by atoms with van der Waals surface area (Å²) in [6, 6.07) is 6.45. The van der Waals surface area contributed by atoms with Gasteiger partial charge in [-0.15, -0.1) is 0 Å². The smallest absolute Gasteiger partial charge is 0.460 e. The number of carbonyl (C=O) groups excluding carboxylic acids is 2. The molecule has 0 fully saturated rings. The number of nitrogens with one attached hydrogen (secondary N) is 1. The number of hydrogen-bond acceptors (Lipinski definition) is 5. The average molecular weight is 375 g/mol. The molecule has 1 aliphatic rings. The van der Waals surface area contributed by atoms with Crippen molar-refractivity contribution in [3.63, 3.8) is 0 Å². The summed E-state index contributed by atoms with van der Waals surface area (Å²) in [4.78, 5) is 24.1. The first-order valence-corrected chi connectivity index (χ1v) is 8.16. The Morgan fingerprint density at radius 1 is 1.26 bits per heavy atom. The monoisotopic (exact) mass is 375 g/mol. The molecular weight excluding hydrogens is 359 g/mol. The van der Waals surface area contributed by atoms with Gasteiger partial charge in [-0.3, -0.25) is 9.59 Å². The van der Waals surface area contributed by atoms with E-state index in [1.807, 2.05) is 0 Å². The predicted molar refractivity (Wildman–Crippen MR) is 92.1 cm³/mol. The topological polar surface area (TPSA) is 84.9 Å². The van der Waals surface area contributed by atoms with E-state index in [1.165, 1.54) is 6.07 Å². The van der Waals surface area contributed by atoms with Gasteiger partial charge in [-0.25, -0.2) is 8.78 Å². The van der Waals surface area contributed by atoms with E-state index in [2.05, 4.69) is 5.32 Å². The summed E-state index contributed by atoms with van der Waals surface area (Å²) < 4.78 is 36.0. The van der Waals surface area contributed by atoms with Gasteiger partial charge in [0.15, 0.2) is 11.6 Å². The molecule has 1 aliphatic heterocycles. The normalized spacial score (nSPS) is 12.7. The maximum absolute atomic E-state index is 13.1. The van der Waals surface area contributed by atoms with E-state index in [9.17, 15) is 23.4 Å². The molecule has 0 spiro atoms. The zero-order chi connectivity index (χ0) is 19.6. The van der Waals surface area contributed by atoms with Crippen molar-refractivity contribution in [2.45, 2.75) is 20.1 Å². The minimum atomic E-state index is -1.08. The van der Waals surface area contributed by atoms with Gasteiger partial charge in [0.25, 0.3) is 5.91 Å². The van der Waals surface area contributed by atoms with Crippen LogP contribution in [0.5, 0.6) is 0 Å². The number of amides is 1. The lowest BCUT2D eigenvalue weighted by Crippen LogP contribution is -2.35. The molecule has 3 rings (SSSR count). The molecule has 27 heavy (non-hydrogen) atoms. The predicted octanol–water partition coefficient (Wildman–Crippen LogP) is 0.964. The van der Waals surface area contributed by atoms with Gasteiger partial charge in [-0.2, -0.15) is 0 Å². The molecule has 2 N–H and O–H groups in total. The Labute approximate surface area is 154 Å². The van der Waals surface area contributed by atoms with Gasteiger partial charge in [0.05, 0.1) is 6.61 Å². The molecule has 1 amide bonds. The van der Waals surface area contributed by atoms with Gasteiger partial charge < -0.3 is 19.7 Å². The fourth-order valence-corrected chi connectivity index (χ4v) is 2.84. The van der Waals surface area contributed by atoms with Crippen LogP contribution in [0, 0.1) is 18.6 Å². The van der Waals surface area contributed by atoms with Crippen molar-refractivity contribution in [1.29, 1.82) is 0 Å². The average Bonchev–Trinajstić information content (AvgIpc) is 3.03. The van der Waals surface area contributed by atoms with Crippen molar-refractivity contribution in [3.8, 4) is 0 Å². The molecule has 0 aliphatic carbocycles. The summed E-state index contributed by atoms with van der Waals surface area (Å²) in [6.45, 7) is 1.33. The highest BCUT2D eigenvalue weighted by atomic mass is 19.2. The molecule has 6 nitrogen and oxygen atoms in total. The lowest BCUT2D eigenvalue weighted by Gasteiger charge is -2.11. The van der Waals surface area contributed by atoms with Gasteiger partial charge in [-0.05, 0) is 47.3 Å². The highest BCUT2D eigenvalue weighted by Crippen LogP contribution is 2.16. The van der Waals surface area contributed by atoms with E-state index in [0.29, 0.717) is 16.6 Å². The van der Waals surface area contributed by atoms with Crippen molar-refractivity contribution in [2.75, 3.05) is 6.54 Å². The fourth-order valence-electron chi connectivity index (χ4n) is 2.84. The van der Waals surface area contributed by atoms with Crippen molar-refractivity contribution < 1.29 is 32.8 Å². The van der Waals surface area contributed by atoms with Crippen molar-refractivity contribution in [1.82, 2.24) is 5.32 Å². The van der Waals surface area contributed by atoms with Crippen LogP contribution in [0.3, 0.4) is 0 Å². The Morgan fingerprint density at radius 3 is 2.78 bits per heavy atom. The number of rotatable bonds is 5. The van der Waals surface area contributed by atoms with Crippen LogP contribution in [0.2, 0.25) is 0 Å². The van der Waals surface area contributed by atoms with E-state index in [4.69, 9.17) is 9.39 Å². The van der Waals surface area contributed by atoms with E-state index in [1.54, 1.807) is 19.1 Å². The van der Waals surface area contributed by atoms with Crippen LogP contribution < -0.4 is 10.8 Å². The molecule has 140 valence electrons. The second kappa shape index (κ2) is 7.85. The van der Waals surface area contributed by atoms with Gasteiger partial charge in [-0.1, -0.05) is 12.1 Å². The van der Waals surface area contributed by atoms with Crippen LogP contribution in [0.4, 0.5) is 8.78 Å². The second-order valence-corrected chi connectivity index (χ2v) is 6.07. The standard InChI is InChI=1S/C18H16BF2NO5/c1-10-13(4-3-12-9-27-19(25)17(10)12)18(24)22-7-16(23)26-8-11-2-5-14(20)15(21)6-11/h2-6,25H,7-9H2,1H3,(H,22,24). The molecule has 1 heterocycles. The van der Waals surface area contributed by atoms with Gasteiger partial charge in [0.2, 0.25) is 0 Å². The SMILES string of the molecule is Cc1c(C(=O)NCC(=O)OCc2ccc(F)c(F)c2)ccc2c1B(O)OC2. The molecule has 2 aromatic carbocycles. The second-order valence-electron chi connectivity index (χ2n) is 6.07. The summed E-state index contributed by atoms with van der Waals surface area (Å²) in [5.41, 5.74) is 2.54. The largest absolute Gasteiger partial charge is 0.492 e. The minimum absolute atomic E-state index is 0.243. The Morgan fingerprint density at radius 2 is 2.04 bits per heavy atom. The highest BCUT2D eigenvalue weighted by molar-refractivity contribution is 6.62. The molecule has 0 bridgehead atoms. The van der Waals surface area contributed by atoms with Crippen LogP contribution in [-0.4, -0.2) is 30.6 Å². The summed E-state index contributed by atoms with van der Waals surface area (Å²) in [6.07, 6.45) is 0. The number of halogens is 2. The highest BCUT2D eigenvalue weighted by Gasteiger charge is 2.31. The maximum atomic E-state index is 13.1. The Bertz CT molecular complexity index is 906. The summed E-state index contributed by atoms with van der Waals surface area (Å²) >= 11 is 0. The Kier molecular flexibility index (Phi) is 5.52. The number of carbonyl (C=O) groups is 2. The van der Waals surface area contributed by atoms with Gasteiger partial charge in [0.1, 0.15) is 13.2 Å². The third kappa shape index (κ3) is 4.15.